The first-order chi connectivity index (χ1) is 13.3. The number of anilines is 1. The highest BCUT2D eigenvalue weighted by Gasteiger charge is 2.19. The summed E-state index contributed by atoms with van der Waals surface area (Å²) >= 11 is 1.67. The number of benzene rings is 1. The van der Waals surface area contributed by atoms with Crippen molar-refractivity contribution in [2.24, 2.45) is 0 Å². The van der Waals surface area contributed by atoms with Crippen LogP contribution in [0.2, 0.25) is 0 Å². The van der Waals surface area contributed by atoms with Gasteiger partial charge in [-0.3, -0.25) is 0 Å². The zero-order valence-electron chi connectivity index (χ0n) is 15.4. The molecule has 0 radical (unpaired) electrons. The monoisotopic (exact) mass is 381 g/mol. The predicted molar refractivity (Wildman–Crippen MR) is 108 cm³/mol. The Labute approximate surface area is 162 Å². The number of aromatic nitrogens is 4. The second kappa shape index (κ2) is 7.03. The maximum atomic E-state index is 4.84. The standard InChI is InChI=1S/C19H23N7S/c1-24-8-10-25(11-9-24)15-4-2-14(3-5-15)19-21-16(13-27-19)18-23-22-17-12-20-6-7-26(17)18/h2-5,13,20H,6-12H2,1H3. The molecule has 0 saturated carbocycles. The quantitative estimate of drug-likeness (QED) is 0.748. The highest BCUT2D eigenvalue weighted by Crippen LogP contribution is 2.30. The molecule has 0 atom stereocenters. The smallest absolute Gasteiger partial charge is 0.183 e. The predicted octanol–water partition coefficient (Wildman–Crippen LogP) is 1.92. The largest absolute Gasteiger partial charge is 0.369 e. The molecule has 5 rings (SSSR count). The second-order valence-corrected chi connectivity index (χ2v) is 8.00. The minimum Gasteiger partial charge on any atom is -0.369 e. The molecule has 2 aliphatic rings. The number of hydrogen-bond donors (Lipinski definition) is 1. The molecule has 7 nitrogen and oxygen atoms in total. The summed E-state index contributed by atoms with van der Waals surface area (Å²) in [6.45, 7) is 7.03. The van der Waals surface area contributed by atoms with Crippen molar-refractivity contribution in [1.82, 2.24) is 30.0 Å². The van der Waals surface area contributed by atoms with Crippen LogP contribution >= 0.6 is 11.3 Å². The lowest BCUT2D eigenvalue weighted by Gasteiger charge is -2.34. The van der Waals surface area contributed by atoms with E-state index >= 15 is 0 Å². The summed E-state index contributed by atoms with van der Waals surface area (Å²) in [6.07, 6.45) is 0. The summed E-state index contributed by atoms with van der Waals surface area (Å²) in [5.41, 5.74) is 3.37. The molecule has 0 aliphatic carbocycles. The molecule has 1 saturated heterocycles. The molecule has 4 heterocycles. The van der Waals surface area contributed by atoms with Crippen molar-refractivity contribution >= 4 is 17.0 Å². The van der Waals surface area contributed by atoms with Gasteiger partial charge in [-0.15, -0.1) is 21.5 Å². The first-order valence-electron chi connectivity index (χ1n) is 9.40. The molecule has 27 heavy (non-hydrogen) atoms. The van der Waals surface area contributed by atoms with E-state index in [-0.39, 0.29) is 0 Å². The molecule has 0 bridgehead atoms. The Morgan fingerprint density at radius 3 is 2.63 bits per heavy atom. The van der Waals surface area contributed by atoms with Crippen molar-refractivity contribution in [2.75, 3.05) is 44.7 Å². The zero-order chi connectivity index (χ0) is 18.2. The van der Waals surface area contributed by atoms with Crippen molar-refractivity contribution in [3.63, 3.8) is 0 Å². The van der Waals surface area contributed by atoms with Crippen LogP contribution in [0, 0.1) is 0 Å². The minimum atomic E-state index is 0.776. The number of rotatable bonds is 3. The molecule has 1 N–H and O–H groups in total. The lowest BCUT2D eigenvalue weighted by molar-refractivity contribution is 0.313. The van der Waals surface area contributed by atoms with E-state index in [2.05, 4.69) is 66.6 Å². The average molecular weight is 382 g/mol. The average Bonchev–Trinajstić information content (AvgIpc) is 3.36. The third kappa shape index (κ3) is 3.24. The van der Waals surface area contributed by atoms with Gasteiger partial charge in [0.1, 0.15) is 16.5 Å². The van der Waals surface area contributed by atoms with Crippen LogP contribution in [0.3, 0.4) is 0 Å². The number of piperazine rings is 1. The molecule has 0 unspecified atom stereocenters. The number of fused-ring (bicyclic) bond motifs is 1. The van der Waals surface area contributed by atoms with E-state index in [1.807, 2.05) is 0 Å². The van der Waals surface area contributed by atoms with Gasteiger partial charge in [0.2, 0.25) is 0 Å². The van der Waals surface area contributed by atoms with Crippen LogP contribution in [0.1, 0.15) is 5.82 Å². The lowest BCUT2D eigenvalue weighted by Crippen LogP contribution is -2.44. The van der Waals surface area contributed by atoms with Crippen LogP contribution < -0.4 is 10.2 Å². The summed E-state index contributed by atoms with van der Waals surface area (Å²) < 4.78 is 2.17. The van der Waals surface area contributed by atoms with Gasteiger partial charge >= 0.3 is 0 Å². The van der Waals surface area contributed by atoms with Crippen molar-refractivity contribution in [3.05, 3.63) is 35.5 Å². The maximum absolute atomic E-state index is 4.84. The molecule has 1 aromatic carbocycles. The van der Waals surface area contributed by atoms with Gasteiger partial charge in [-0.25, -0.2) is 4.98 Å². The van der Waals surface area contributed by atoms with Crippen LogP contribution in [0.15, 0.2) is 29.6 Å². The molecule has 1 fully saturated rings. The van der Waals surface area contributed by atoms with Gasteiger partial charge in [-0.2, -0.15) is 0 Å². The van der Waals surface area contributed by atoms with Crippen LogP contribution in [0.25, 0.3) is 22.1 Å². The van der Waals surface area contributed by atoms with Gasteiger partial charge in [0.15, 0.2) is 5.82 Å². The molecule has 2 aliphatic heterocycles. The number of thiazole rings is 1. The van der Waals surface area contributed by atoms with Crippen LogP contribution in [0.4, 0.5) is 5.69 Å². The molecular formula is C19H23N7S. The summed E-state index contributed by atoms with van der Waals surface area (Å²) in [4.78, 5) is 9.67. The van der Waals surface area contributed by atoms with Gasteiger partial charge in [-0.1, -0.05) is 0 Å². The number of nitrogens with one attached hydrogen (secondary N) is 1. The third-order valence-electron chi connectivity index (χ3n) is 5.34. The van der Waals surface area contributed by atoms with Crippen molar-refractivity contribution in [1.29, 1.82) is 0 Å². The fourth-order valence-electron chi connectivity index (χ4n) is 3.67. The van der Waals surface area contributed by atoms with Gasteiger partial charge in [0.05, 0.1) is 6.54 Å². The van der Waals surface area contributed by atoms with E-state index in [4.69, 9.17) is 4.98 Å². The first-order valence-corrected chi connectivity index (χ1v) is 10.3. The summed E-state index contributed by atoms with van der Waals surface area (Å²) in [7, 11) is 2.18. The fourth-order valence-corrected chi connectivity index (χ4v) is 4.47. The van der Waals surface area contributed by atoms with Crippen molar-refractivity contribution in [2.45, 2.75) is 13.1 Å². The molecule has 0 spiro atoms. The first kappa shape index (κ1) is 16.9. The fraction of sp³-hybridized carbons (Fsp3) is 0.421. The van der Waals surface area contributed by atoms with E-state index in [1.54, 1.807) is 11.3 Å². The van der Waals surface area contributed by atoms with E-state index in [1.165, 1.54) is 5.69 Å². The van der Waals surface area contributed by atoms with Crippen LogP contribution in [-0.2, 0) is 13.1 Å². The Kier molecular flexibility index (Phi) is 4.39. The lowest BCUT2D eigenvalue weighted by atomic mass is 10.2. The van der Waals surface area contributed by atoms with Crippen LogP contribution in [0.5, 0.6) is 0 Å². The van der Waals surface area contributed by atoms with Crippen LogP contribution in [-0.4, -0.2) is 64.4 Å². The summed E-state index contributed by atoms with van der Waals surface area (Å²) in [5, 5.41) is 15.1. The topological polar surface area (TPSA) is 62.1 Å². The van der Waals surface area contributed by atoms with E-state index < -0.39 is 0 Å². The summed E-state index contributed by atoms with van der Waals surface area (Å²) in [6, 6.07) is 8.79. The minimum absolute atomic E-state index is 0.776. The Balaban J connectivity index is 1.36. The van der Waals surface area contributed by atoms with E-state index in [9.17, 15) is 0 Å². The normalized spacial score (nSPS) is 17.9. The Morgan fingerprint density at radius 1 is 1.00 bits per heavy atom. The molecule has 3 aromatic rings. The zero-order valence-corrected chi connectivity index (χ0v) is 16.2. The SMILES string of the molecule is CN1CCN(c2ccc(-c3nc(-c4nnc5n4CCNC5)cs3)cc2)CC1. The highest BCUT2D eigenvalue weighted by molar-refractivity contribution is 7.13. The third-order valence-corrected chi connectivity index (χ3v) is 6.23. The van der Waals surface area contributed by atoms with Gasteiger partial charge in [0.25, 0.3) is 0 Å². The second-order valence-electron chi connectivity index (χ2n) is 7.14. The number of hydrogen-bond acceptors (Lipinski definition) is 7. The molecular weight excluding hydrogens is 358 g/mol. The number of nitrogens with zero attached hydrogens (tertiary/aromatic N) is 6. The molecule has 0 amide bonds. The number of likely N-dealkylation sites (N-methyl/N-ethyl adjacent to an activating group) is 1. The molecule has 8 heteroatoms. The summed E-state index contributed by atoms with van der Waals surface area (Å²) in [5.74, 6) is 1.87. The molecule has 140 valence electrons. The van der Waals surface area contributed by atoms with Gasteiger partial charge in [0, 0.05) is 55.9 Å². The maximum Gasteiger partial charge on any atom is 0.183 e. The Hall–Kier alpha value is -2.29. The van der Waals surface area contributed by atoms with Gasteiger partial charge < -0.3 is 19.7 Å². The highest BCUT2D eigenvalue weighted by atomic mass is 32.1. The molecule has 2 aromatic heterocycles. The Morgan fingerprint density at radius 2 is 1.81 bits per heavy atom. The van der Waals surface area contributed by atoms with E-state index in [0.29, 0.717) is 0 Å². The van der Waals surface area contributed by atoms with E-state index in [0.717, 1.165) is 73.7 Å². The van der Waals surface area contributed by atoms with Crippen molar-refractivity contribution in [3.8, 4) is 22.1 Å². The Bertz CT molecular complexity index is 922. The van der Waals surface area contributed by atoms with Crippen molar-refractivity contribution < 1.29 is 0 Å². The van der Waals surface area contributed by atoms with Gasteiger partial charge in [-0.05, 0) is 31.3 Å².